The van der Waals surface area contributed by atoms with E-state index in [4.69, 9.17) is 0 Å². The molecule has 0 spiro atoms. The number of halogens is 1. The van der Waals surface area contributed by atoms with E-state index in [2.05, 4.69) is 15.5 Å². The molecule has 1 heterocycles. The molecule has 1 aromatic heterocycles. The Morgan fingerprint density at radius 2 is 1.92 bits per heavy atom. The van der Waals surface area contributed by atoms with Crippen LogP contribution in [-0.2, 0) is 11.3 Å². The van der Waals surface area contributed by atoms with Crippen LogP contribution in [0.2, 0.25) is 0 Å². The highest BCUT2D eigenvalue weighted by molar-refractivity contribution is 5.82. The van der Waals surface area contributed by atoms with E-state index in [9.17, 15) is 9.18 Å². The molecular formula is C19H17FN4O. The van der Waals surface area contributed by atoms with Gasteiger partial charge in [-0.2, -0.15) is 0 Å². The maximum Gasteiger partial charge on any atom is 0.224 e. The number of para-hydroxylation sites is 1. The van der Waals surface area contributed by atoms with Crippen LogP contribution in [-0.4, -0.2) is 20.7 Å². The Balaban J connectivity index is 1.38. The number of hydrogen-bond acceptors (Lipinski definition) is 3. The fourth-order valence-corrected chi connectivity index (χ4v) is 3.04. The summed E-state index contributed by atoms with van der Waals surface area (Å²) in [5, 5.41) is 11.0. The number of benzene rings is 2. The number of carbonyl (C=O) groups excluding carboxylic acids is 1. The number of rotatable bonds is 5. The molecule has 3 aromatic rings. The SMILES string of the molecule is O=C(NCc1nncn1-c1ccccc1)C1CC1c1ccc(F)cc1. The number of carbonyl (C=O) groups is 1. The van der Waals surface area contributed by atoms with Crippen LogP contribution < -0.4 is 5.32 Å². The molecule has 2 unspecified atom stereocenters. The first-order valence-corrected chi connectivity index (χ1v) is 8.20. The van der Waals surface area contributed by atoms with Gasteiger partial charge in [-0.3, -0.25) is 9.36 Å². The van der Waals surface area contributed by atoms with Crippen molar-refractivity contribution in [3.05, 3.63) is 78.1 Å². The van der Waals surface area contributed by atoms with Crippen LogP contribution in [0.15, 0.2) is 60.9 Å². The van der Waals surface area contributed by atoms with E-state index < -0.39 is 0 Å². The molecule has 126 valence electrons. The Labute approximate surface area is 144 Å². The van der Waals surface area contributed by atoms with Crippen LogP contribution in [0.3, 0.4) is 0 Å². The Morgan fingerprint density at radius 1 is 1.16 bits per heavy atom. The summed E-state index contributed by atoms with van der Waals surface area (Å²) in [5.74, 6) is 0.535. The van der Waals surface area contributed by atoms with Gasteiger partial charge in [0.15, 0.2) is 5.82 Å². The molecule has 4 rings (SSSR count). The summed E-state index contributed by atoms with van der Waals surface area (Å²) in [6, 6.07) is 16.1. The van der Waals surface area contributed by atoms with E-state index in [-0.39, 0.29) is 23.6 Å². The molecule has 1 fully saturated rings. The predicted octanol–water partition coefficient (Wildman–Crippen LogP) is 2.83. The van der Waals surface area contributed by atoms with E-state index in [1.807, 2.05) is 34.9 Å². The van der Waals surface area contributed by atoms with Gasteiger partial charge in [-0.15, -0.1) is 10.2 Å². The topological polar surface area (TPSA) is 59.8 Å². The lowest BCUT2D eigenvalue weighted by Crippen LogP contribution is -2.26. The van der Waals surface area contributed by atoms with Gasteiger partial charge in [0.2, 0.25) is 5.91 Å². The molecule has 25 heavy (non-hydrogen) atoms. The second-order valence-corrected chi connectivity index (χ2v) is 6.17. The van der Waals surface area contributed by atoms with Crippen molar-refractivity contribution in [1.29, 1.82) is 0 Å². The highest BCUT2D eigenvalue weighted by atomic mass is 19.1. The fraction of sp³-hybridized carbons (Fsp3) is 0.211. The van der Waals surface area contributed by atoms with E-state index >= 15 is 0 Å². The van der Waals surface area contributed by atoms with Crippen molar-refractivity contribution in [2.75, 3.05) is 0 Å². The first kappa shape index (κ1) is 15.5. The lowest BCUT2D eigenvalue weighted by molar-refractivity contribution is -0.122. The molecule has 1 aliphatic rings. The molecule has 1 N–H and O–H groups in total. The first-order chi connectivity index (χ1) is 12.2. The lowest BCUT2D eigenvalue weighted by atomic mass is 10.1. The van der Waals surface area contributed by atoms with Gasteiger partial charge >= 0.3 is 0 Å². The monoisotopic (exact) mass is 336 g/mol. The number of aromatic nitrogens is 3. The molecule has 0 radical (unpaired) electrons. The standard InChI is InChI=1S/C19H17FN4O/c20-14-8-6-13(7-9-14)16-10-17(16)19(25)21-11-18-23-22-12-24(18)15-4-2-1-3-5-15/h1-9,12,16-17H,10-11H2,(H,21,25). The van der Waals surface area contributed by atoms with E-state index in [0.29, 0.717) is 12.4 Å². The molecule has 6 heteroatoms. The van der Waals surface area contributed by atoms with Gasteiger partial charge in [0.1, 0.15) is 12.1 Å². The normalized spacial score (nSPS) is 18.8. The van der Waals surface area contributed by atoms with Crippen LogP contribution in [0.4, 0.5) is 4.39 Å². The van der Waals surface area contributed by atoms with Gasteiger partial charge in [0.25, 0.3) is 0 Å². The molecule has 0 bridgehead atoms. The van der Waals surface area contributed by atoms with Crippen molar-refractivity contribution in [3.63, 3.8) is 0 Å². The largest absolute Gasteiger partial charge is 0.349 e. The van der Waals surface area contributed by atoms with Gasteiger partial charge in [-0.25, -0.2) is 4.39 Å². The number of nitrogens with one attached hydrogen (secondary N) is 1. The third-order valence-corrected chi connectivity index (χ3v) is 4.50. The van der Waals surface area contributed by atoms with Crippen molar-refractivity contribution in [1.82, 2.24) is 20.1 Å². The number of hydrogen-bond donors (Lipinski definition) is 1. The average molecular weight is 336 g/mol. The summed E-state index contributed by atoms with van der Waals surface area (Å²) >= 11 is 0. The number of nitrogens with zero attached hydrogens (tertiary/aromatic N) is 3. The predicted molar refractivity (Wildman–Crippen MR) is 90.5 cm³/mol. The molecule has 2 aromatic carbocycles. The summed E-state index contributed by atoms with van der Waals surface area (Å²) in [7, 11) is 0. The minimum absolute atomic E-state index is 0.00284. The smallest absolute Gasteiger partial charge is 0.224 e. The highest BCUT2D eigenvalue weighted by Gasteiger charge is 2.43. The maximum atomic E-state index is 13.0. The minimum atomic E-state index is -0.259. The van der Waals surface area contributed by atoms with Crippen molar-refractivity contribution >= 4 is 5.91 Å². The third kappa shape index (κ3) is 3.28. The fourth-order valence-electron chi connectivity index (χ4n) is 3.04. The Bertz CT molecular complexity index is 876. The van der Waals surface area contributed by atoms with Crippen molar-refractivity contribution < 1.29 is 9.18 Å². The summed E-state index contributed by atoms with van der Waals surface area (Å²) < 4.78 is 14.8. The molecule has 1 saturated carbocycles. The van der Waals surface area contributed by atoms with Crippen molar-refractivity contribution in [2.45, 2.75) is 18.9 Å². The summed E-state index contributed by atoms with van der Waals surface area (Å²) in [4.78, 5) is 12.4. The highest BCUT2D eigenvalue weighted by Crippen LogP contribution is 2.47. The second-order valence-electron chi connectivity index (χ2n) is 6.17. The quantitative estimate of drug-likeness (QED) is 0.779. The third-order valence-electron chi connectivity index (χ3n) is 4.50. The number of amides is 1. The molecule has 5 nitrogen and oxygen atoms in total. The Kier molecular flexibility index (Phi) is 4.01. The Hall–Kier alpha value is -3.02. The Morgan fingerprint density at radius 3 is 2.68 bits per heavy atom. The minimum Gasteiger partial charge on any atom is -0.349 e. The van der Waals surface area contributed by atoms with E-state index in [1.54, 1.807) is 18.5 Å². The van der Waals surface area contributed by atoms with Crippen LogP contribution in [0.1, 0.15) is 23.7 Å². The summed E-state index contributed by atoms with van der Waals surface area (Å²) in [6.07, 6.45) is 2.43. The average Bonchev–Trinajstić information content (AvgIpc) is 3.31. The summed E-state index contributed by atoms with van der Waals surface area (Å²) in [6.45, 7) is 0.320. The van der Waals surface area contributed by atoms with Gasteiger partial charge in [0.05, 0.1) is 6.54 Å². The van der Waals surface area contributed by atoms with E-state index in [1.165, 1.54) is 12.1 Å². The second kappa shape index (κ2) is 6.47. The van der Waals surface area contributed by atoms with E-state index in [0.717, 1.165) is 17.7 Å². The van der Waals surface area contributed by atoms with Crippen LogP contribution in [0.25, 0.3) is 5.69 Å². The van der Waals surface area contributed by atoms with Crippen molar-refractivity contribution in [3.8, 4) is 5.69 Å². The lowest BCUT2D eigenvalue weighted by Gasteiger charge is -2.08. The molecular weight excluding hydrogens is 319 g/mol. The molecule has 1 aliphatic carbocycles. The van der Waals surface area contributed by atoms with Crippen molar-refractivity contribution in [2.24, 2.45) is 5.92 Å². The summed E-state index contributed by atoms with van der Waals surface area (Å²) in [5.41, 5.74) is 1.96. The zero-order chi connectivity index (χ0) is 17.2. The zero-order valence-electron chi connectivity index (χ0n) is 13.5. The van der Waals surface area contributed by atoms with Gasteiger partial charge in [0, 0.05) is 11.6 Å². The molecule has 2 atom stereocenters. The molecule has 0 aliphatic heterocycles. The van der Waals surface area contributed by atoms with Crippen LogP contribution in [0.5, 0.6) is 0 Å². The molecule has 1 amide bonds. The van der Waals surface area contributed by atoms with Gasteiger partial charge in [-0.05, 0) is 42.2 Å². The van der Waals surface area contributed by atoms with Gasteiger partial charge in [-0.1, -0.05) is 30.3 Å². The van der Waals surface area contributed by atoms with Gasteiger partial charge < -0.3 is 5.32 Å². The zero-order valence-corrected chi connectivity index (χ0v) is 13.5. The maximum absolute atomic E-state index is 13.0. The first-order valence-electron chi connectivity index (χ1n) is 8.20. The van der Waals surface area contributed by atoms with Crippen LogP contribution >= 0.6 is 0 Å². The van der Waals surface area contributed by atoms with Crippen LogP contribution in [0, 0.1) is 11.7 Å². The molecule has 0 saturated heterocycles.